The first-order valence-corrected chi connectivity index (χ1v) is 6.36. The quantitative estimate of drug-likeness (QED) is 0.823. The van der Waals surface area contributed by atoms with E-state index in [4.69, 9.17) is 5.73 Å². The number of rotatable bonds is 4. The monoisotopic (exact) mass is 244 g/mol. The van der Waals surface area contributed by atoms with Crippen LogP contribution in [0.25, 0.3) is 0 Å². The average Bonchev–Trinajstić information content (AvgIpc) is 2.41. The SMILES string of the molecule is C=CC1(C(N)=O)CCN(Cc2ccccc2)CC1. The number of piperidine rings is 1. The number of carbonyl (C=O) groups excluding carboxylic acids is 1. The Morgan fingerprint density at radius 1 is 1.33 bits per heavy atom. The third-order valence-electron chi connectivity index (χ3n) is 3.88. The van der Waals surface area contributed by atoms with Gasteiger partial charge in [-0.3, -0.25) is 9.69 Å². The molecule has 1 aliphatic heterocycles. The number of amides is 1. The van der Waals surface area contributed by atoms with Gasteiger partial charge in [0.15, 0.2) is 0 Å². The van der Waals surface area contributed by atoms with Crippen LogP contribution in [-0.4, -0.2) is 23.9 Å². The molecule has 0 aromatic heterocycles. The Hall–Kier alpha value is -1.61. The fraction of sp³-hybridized carbons (Fsp3) is 0.400. The number of carbonyl (C=O) groups is 1. The molecule has 96 valence electrons. The summed E-state index contributed by atoms with van der Waals surface area (Å²) in [6.45, 7) is 6.49. The van der Waals surface area contributed by atoms with Crippen molar-refractivity contribution in [2.45, 2.75) is 19.4 Å². The molecule has 0 unspecified atom stereocenters. The predicted octanol–water partition coefficient (Wildman–Crippen LogP) is 1.94. The molecule has 1 aromatic rings. The second-order valence-electron chi connectivity index (χ2n) is 4.99. The summed E-state index contributed by atoms with van der Waals surface area (Å²) in [6.07, 6.45) is 3.28. The van der Waals surface area contributed by atoms with Gasteiger partial charge in [-0.15, -0.1) is 6.58 Å². The highest BCUT2D eigenvalue weighted by atomic mass is 16.1. The Morgan fingerprint density at radius 3 is 2.44 bits per heavy atom. The van der Waals surface area contributed by atoms with Crippen molar-refractivity contribution in [3.05, 3.63) is 48.6 Å². The zero-order chi connectivity index (χ0) is 13.0. The number of nitrogens with two attached hydrogens (primary N) is 1. The van der Waals surface area contributed by atoms with Gasteiger partial charge in [0.2, 0.25) is 5.91 Å². The Kier molecular flexibility index (Phi) is 3.82. The summed E-state index contributed by atoms with van der Waals surface area (Å²) in [7, 11) is 0. The van der Waals surface area contributed by atoms with Gasteiger partial charge >= 0.3 is 0 Å². The van der Waals surface area contributed by atoms with E-state index < -0.39 is 5.41 Å². The van der Waals surface area contributed by atoms with Crippen LogP contribution in [0.4, 0.5) is 0 Å². The van der Waals surface area contributed by atoms with E-state index in [-0.39, 0.29) is 5.91 Å². The van der Waals surface area contributed by atoms with Crippen LogP contribution < -0.4 is 5.73 Å². The molecule has 0 spiro atoms. The van der Waals surface area contributed by atoms with E-state index in [1.165, 1.54) is 5.56 Å². The van der Waals surface area contributed by atoms with Crippen LogP contribution in [0.2, 0.25) is 0 Å². The first kappa shape index (κ1) is 12.8. The zero-order valence-corrected chi connectivity index (χ0v) is 10.6. The smallest absolute Gasteiger partial charge is 0.227 e. The van der Waals surface area contributed by atoms with Crippen LogP contribution in [0.5, 0.6) is 0 Å². The van der Waals surface area contributed by atoms with Crippen LogP contribution in [0.15, 0.2) is 43.0 Å². The van der Waals surface area contributed by atoms with Crippen molar-refractivity contribution in [3.63, 3.8) is 0 Å². The predicted molar refractivity (Wildman–Crippen MR) is 72.8 cm³/mol. The summed E-state index contributed by atoms with van der Waals surface area (Å²) in [5.74, 6) is -0.239. The van der Waals surface area contributed by atoms with E-state index in [0.29, 0.717) is 0 Å². The second-order valence-corrected chi connectivity index (χ2v) is 4.99. The Labute approximate surface area is 108 Å². The molecule has 1 saturated heterocycles. The van der Waals surface area contributed by atoms with Gasteiger partial charge in [-0.1, -0.05) is 36.4 Å². The number of hydrogen-bond acceptors (Lipinski definition) is 2. The van der Waals surface area contributed by atoms with Crippen molar-refractivity contribution in [1.29, 1.82) is 0 Å². The molecule has 1 heterocycles. The van der Waals surface area contributed by atoms with Gasteiger partial charge in [-0.2, -0.15) is 0 Å². The average molecular weight is 244 g/mol. The molecule has 0 bridgehead atoms. The Balaban J connectivity index is 1.95. The zero-order valence-electron chi connectivity index (χ0n) is 10.6. The summed E-state index contributed by atoms with van der Waals surface area (Å²) >= 11 is 0. The van der Waals surface area contributed by atoms with Crippen LogP contribution in [0.1, 0.15) is 18.4 Å². The van der Waals surface area contributed by atoms with Crippen LogP contribution in [-0.2, 0) is 11.3 Å². The minimum atomic E-state index is -0.493. The number of nitrogens with zero attached hydrogens (tertiary/aromatic N) is 1. The van der Waals surface area contributed by atoms with Crippen molar-refractivity contribution in [1.82, 2.24) is 4.90 Å². The summed E-state index contributed by atoms with van der Waals surface area (Å²) in [6, 6.07) is 10.4. The van der Waals surface area contributed by atoms with E-state index >= 15 is 0 Å². The topological polar surface area (TPSA) is 46.3 Å². The maximum absolute atomic E-state index is 11.5. The summed E-state index contributed by atoms with van der Waals surface area (Å²) in [4.78, 5) is 13.9. The molecule has 18 heavy (non-hydrogen) atoms. The molecular formula is C15H20N2O. The van der Waals surface area contributed by atoms with E-state index in [0.717, 1.165) is 32.5 Å². The molecule has 1 fully saturated rings. The van der Waals surface area contributed by atoms with Gasteiger partial charge in [-0.25, -0.2) is 0 Å². The molecule has 3 nitrogen and oxygen atoms in total. The minimum absolute atomic E-state index is 0.239. The van der Waals surface area contributed by atoms with Crippen LogP contribution in [0.3, 0.4) is 0 Å². The fourth-order valence-electron chi connectivity index (χ4n) is 2.50. The maximum Gasteiger partial charge on any atom is 0.227 e. The highest BCUT2D eigenvalue weighted by Gasteiger charge is 2.36. The van der Waals surface area contributed by atoms with E-state index in [1.54, 1.807) is 6.08 Å². The molecule has 0 saturated carbocycles. The van der Waals surface area contributed by atoms with Crippen LogP contribution >= 0.6 is 0 Å². The van der Waals surface area contributed by atoms with E-state index in [1.807, 2.05) is 6.07 Å². The number of hydrogen-bond donors (Lipinski definition) is 1. The molecular weight excluding hydrogens is 224 g/mol. The lowest BCUT2D eigenvalue weighted by Gasteiger charge is -2.37. The van der Waals surface area contributed by atoms with Gasteiger partial charge in [0.25, 0.3) is 0 Å². The summed E-state index contributed by atoms with van der Waals surface area (Å²) in [5.41, 5.74) is 6.30. The largest absolute Gasteiger partial charge is 0.369 e. The summed E-state index contributed by atoms with van der Waals surface area (Å²) < 4.78 is 0. The molecule has 0 aliphatic carbocycles. The molecule has 0 radical (unpaired) electrons. The molecule has 2 rings (SSSR count). The van der Waals surface area contributed by atoms with Gasteiger partial charge in [-0.05, 0) is 31.5 Å². The fourth-order valence-corrected chi connectivity index (χ4v) is 2.50. The first-order chi connectivity index (χ1) is 8.66. The lowest BCUT2D eigenvalue weighted by atomic mass is 9.78. The lowest BCUT2D eigenvalue weighted by molar-refractivity contribution is -0.127. The van der Waals surface area contributed by atoms with Gasteiger partial charge < -0.3 is 5.73 Å². The molecule has 1 aromatic carbocycles. The van der Waals surface area contributed by atoms with Crippen molar-refractivity contribution < 1.29 is 4.79 Å². The normalized spacial score (nSPS) is 19.3. The number of primary amides is 1. The maximum atomic E-state index is 11.5. The van der Waals surface area contributed by atoms with Gasteiger partial charge in [0.05, 0.1) is 5.41 Å². The van der Waals surface area contributed by atoms with Crippen molar-refractivity contribution >= 4 is 5.91 Å². The van der Waals surface area contributed by atoms with Crippen molar-refractivity contribution in [2.24, 2.45) is 11.1 Å². The second kappa shape index (κ2) is 5.36. The standard InChI is InChI=1S/C15H20N2O/c1-2-15(14(16)18)8-10-17(11-9-15)12-13-6-4-3-5-7-13/h2-7H,1,8-12H2,(H2,16,18). The Morgan fingerprint density at radius 2 is 1.94 bits per heavy atom. The van der Waals surface area contributed by atoms with Crippen molar-refractivity contribution in [2.75, 3.05) is 13.1 Å². The van der Waals surface area contributed by atoms with Gasteiger partial charge in [0.1, 0.15) is 0 Å². The third-order valence-corrected chi connectivity index (χ3v) is 3.88. The van der Waals surface area contributed by atoms with Gasteiger partial charge in [0, 0.05) is 6.54 Å². The summed E-state index contributed by atoms with van der Waals surface area (Å²) in [5, 5.41) is 0. The van der Waals surface area contributed by atoms with Crippen molar-refractivity contribution in [3.8, 4) is 0 Å². The molecule has 0 atom stereocenters. The third kappa shape index (κ3) is 2.62. The lowest BCUT2D eigenvalue weighted by Crippen LogP contribution is -2.45. The molecule has 1 aliphatic rings. The Bertz CT molecular complexity index is 419. The first-order valence-electron chi connectivity index (χ1n) is 6.36. The number of likely N-dealkylation sites (tertiary alicyclic amines) is 1. The van der Waals surface area contributed by atoms with Crippen LogP contribution in [0, 0.1) is 5.41 Å². The molecule has 3 heteroatoms. The van der Waals surface area contributed by atoms with E-state index in [2.05, 4.69) is 35.7 Å². The highest BCUT2D eigenvalue weighted by molar-refractivity contribution is 5.83. The molecule has 2 N–H and O–H groups in total. The molecule has 1 amide bonds. The minimum Gasteiger partial charge on any atom is -0.369 e. The number of benzene rings is 1. The highest BCUT2D eigenvalue weighted by Crippen LogP contribution is 2.32. The van der Waals surface area contributed by atoms with E-state index in [9.17, 15) is 4.79 Å².